The van der Waals surface area contributed by atoms with Crippen molar-refractivity contribution in [3.63, 3.8) is 0 Å². The Balaban J connectivity index is 1.74. The molecule has 0 radical (unpaired) electrons. The third-order valence-electron chi connectivity index (χ3n) is 6.06. The van der Waals surface area contributed by atoms with Crippen LogP contribution >= 0.6 is 0 Å². The van der Waals surface area contributed by atoms with Gasteiger partial charge in [0.05, 0.1) is 5.60 Å². The van der Waals surface area contributed by atoms with Crippen molar-refractivity contribution < 1.29 is 5.11 Å². The van der Waals surface area contributed by atoms with Gasteiger partial charge in [-0.1, -0.05) is 20.3 Å². The molecule has 3 heteroatoms. The van der Waals surface area contributed by atoms with Gasteiger partial charge >= 0.3 is 0 Å². The number of likely N-dealkylation sites (tertiary alicyclic amines) is 1. The fraction of sp³-hybridized carbons (Fsp3) is 1.00. The zero-order valence-electron chi connectivity index (χ0n) is 14.4. The lowest BCUT2D eigenvalue weighted by molar-refractivity contribution is -0.0126. The van der Waals surface area contributed by atoms with Crippen LogP contribution in [0.25, 0.3) is 0 Å². The molecular formula is C18H36N2O. The highest BCUT2D eigenvalue weighted by Gasteiger charge is 2.33. The van der Waals surface area contributed by atoms with Gasteiger partial charge in [-0.3, -0.25) is 0 Å². The second-order valence-corrected chi connectivity index (χ2v) is 7.54. The predicted octanol–water partition coefficient (Wildman–Crippen LogP) is 3.03. The Bertz CT molecular complexity index is 300. The normalized spacial score (nSPS) is 36.6. The third-order valence-corrected chi connectivity index (χ3v) is 6.06. The van der Waals surface area contributed by atoms with Crippen LogP contribution in [0.15, 0.2) is 0 Å². The first kappa shape index (κ1) is 17.2. The van der Waals surface area contributed by atoms with E-state index in [4.69, 9.17) is 0 Å². The largest absolute Gasteiger partial charge is 0.389 e. The Hall–Kier alpha value is -0.120. The second-order valence-electron chi connectivity index (χ2n) is 7.54. The summed E-state index contributed by atoms with van der Waals surface area (Å²) in [4.78, 5) is 2.56. The number of nitrogens with one attached hydrogen (secondary N) is 1. The fourth-order valence-electron chi connectivity index (χ4n) is 4.10. The quantitative estimate of drug-likeness (QED) is 0.791. The van der Waals surface area contributed by atoms with Crippen LogP contribution in [0.4, 0.5) is 0 Å². The average molecular weight is 296 g/mol. The monoisotopic (exact) mass is 296 g/mol. The Morgan fingerprint density at radius 3 is 2.57 bits per heavy atom. The minimum atomic E-state index is -0.445. The molecule has 3 nitrogen and oxygen atoms in total. The van der Waals surface area contributed by atoms with Gasteiger partial charge in [-0.2, -0.15) is 0 Å². The highest BCUT2D eigenvalue weighted by atomic mass is 16.3. The van der Waals surface area contributed by atoms with Crippen LogP contribution in [0.3, 0.4) is 0 Å². The van der Waals surface area contributed by atoms with Crippen molar-refractivity contribution in [3.8, 4) is 0 Å². The lowest BCUT2D eigenvalue weighted by atomic mass is 9.77. The van der Waals surface area contributed by atoms with E-state index >= 15 is 0 Å². The molecule has 1 aliphatic heterocycles. The number of hydrogen-bond acceptors (Lipinski definition) is 3. The van der Waals surface area contributed by atoms with Crippen molar-refractivity contribution in [2.45, 2.75) is 77.4 Å². The van der Waals surface area contributed by atoms with Crippen molar-refractivity contribution in [1.29, 1.82) is 0 Å². The van der Waals surface area contributed by atoms with E-state index in [0.29, 0.717) is 6.04 Å². The van der Waals surface area contributed by atoms with Gasteiger partial charge in [0.25, 0.3) is 0 Å². The highest BCUT2D eigenvalue weighted by molar-refractivity contribution is 4.89. The van der Waals surface area contributed by atoms with E-state index in [0.717, 1.165) is 31.2 Å². The third kappa shape index (κ3) is 4.94. The molecule has 0 amide bonds. The number of nitrogens with zero attached hydrogens (tertiary/aromatic N) is 1. The summed E-state index contributed by atoms with van der Waals surface area (Å²) in [5, 5.41) is 14.4. The molecule has 2 N–H and O–H groups in total. The fourth-order valence-corrected chi connectivity index (χ4v) is 4.10. The van der Waals surface area contributed by atoms with Gasteiger partial charge < -0.3 is 15.3 Å². The van der Waals surface area contributed by atoms with E-state index in [-0.39, 0.29) is 0 Å². The summed E-state index contributed by atoms with van der Waals surface area (Å²) >= 11 is 0. The van der Waals surface area contributed by atoms with E-state index in [1.807, 2.05) is 0 Å². The molecule has 1 aliphatic carbocycles. The predicted molar refractivity (Wildman–Crippen MR) is 89.5 cm³/mol. The minimum absolute atomic E-state index is 0.445. The van der Waals surface area contributed by atoms with E-state index in [2.05, 4.69) is 31.0 Å². The van der Waals surface area contributed by atoms with Gasteiger partial charge in [0.2, 0.25) is 0 Å². The van der Waals surface area contributed by atoms with Crippen LogP contribution in [0.2, 0.25) is 0 Å². The van der Waals surface area contributed by atoms with Crippen molar-refractivity contribution in [2.75, 3.05) is 26.2 Å². The van der Waals surface area contributed by atoms with E-state index < -0.39 is 5.60 Å². The molecule has 2 unspecified atom stereocenters. The van der Waals surface area contributed by atoms with Crippen LogP contribution in [0.5, 0.6) is 0 Å². The van der Waals surface area contributed by atoms with Crippen molar-refractivity contribution >= 4 is 0 Å². The highest BCUT2D eigenvalue weighted by Crippen LogP contribution is 2.33. The maximum atomic E-state index is 10.8. The lowest BCUT2D eigenvalue weighted by Crippen LogP contribution is -2.50. The molecule has 124 valence electrons. The summed E-state index contributed by atoms with van der Waals surface area (Å²) in [6.45, 7) is 11.3. The first-order valence-electron chi connectivity index (χ1n) is 9.24. The molecule has 1 saturated carbocycles. The number of piperidine rings is 1. The molecule has 0 aromatic heterocycles. The Kier molecular flexibility index (Phi) is 6.51. The maximum absolute atomic E-state index is 10.8. The summed E-state index contributed by atoms with van der Waals surface area (Å²) < 4.78 is 0. The molecule has 0 bridgehead atoms. The number of rotatable bonds is 6. The maximum Gasteiger partial charge on any atom is 0.0771 e. The Morgan fingerprint density at radius 1 is 1.24 bits per heavy atom. The van der Waals surface area contributed by atoms with Gasteiger partial charge in [-0.25, -0.2) is 0 Å². The zero-order chi connectivity index (χ0) is 15.3. The summed E-state index contributed by atoms with van der Waals surface area (Å²) in [7, 11) is 0. The SMILES string of the molecule is CCC1CCC(O)(CNC(C)C2CCCN(CC)C2)CC1. The molecule has 1 saturated heterocycles. The van der Waals surface area contributed by atoms with Crippen molar-refractivity contribution in [1.82, 2.24) is 10.2 Å². The molecule has 0 spiro atoms. The Morgan fingerprint density at radius 2 is 1.95 bits per heavy atom. The van der Waals surface area contributed by atoms with Gasteiger partial charge in [-0.15, -0.1) is 0 Å². The van der Waals surface area contributed by atoms with Crippen LogP contribution in [-0.4, -0.2) is 47.8 Å². The number of aliphatic hydroxyl groups is 1. The first-order chi connectivity index (χ1) is 10.1. The molecule has 2 rings (SSSR count). The average Bonchev–Trinajstić information content (AvgIpc) is 2.53. The molecular weight excluding hydrogens is 260 g/mol. The molecule has 2 aliphatic rings. The molecule has 1 heterocycles. The molecule has 0 aromatic carbocycles. The van der Waals surface area contributed by atoms with Gasteiger partial charge in [0.1, 0.15) is 0 Å². The number of hydrogen-bond donors (Lipinski definition) is 2. The van der Waals surface area contributed by atoms with E-state index in [1.165, 1.54) is 51.7 Å². The molecule has 21 heavy (non-hydrogen) atoms. The van der Waals surface area contributed by atoms with Crippen LogP contribution in [0, 0.1) is 11.8 Å². The second kappa shape index (κ2) is 7.94. The van der Waals surface area contributed by atoms with E-state index in [1.54, 1.807) is 0 Å². The topological polar surface area (TPSA) is 35.5 Å². The summed E-state index contributed by atoms with van der Waals surface area (Å²) in [5.74, 6) is 1.59. The Labute approximate surface area is 131 Å². The molecule has 0 aromatic rings. The minimum Gasteiger partial charge on any atom is -0.389 e. The first-order valence-corrected chi connectivity index (χ1v) is 9.24. The smallest absolute Gasteiger partial charge is 0.0771 e. The molecule has 2 atom stereocenters. The van der Waals surface area contributed by atoms with Gasteiger partial charge in [0.15, 0.2) is 0 Å². The zero-order valence-corrected chi connectivity index (χ0v) is 14.4. The van der Waals surface area contributed by atoms with Crippen LogP contribution in [-0.2, 0) is 0 Å². The lowest BCUT2D eigenvalue weighted by Gasteiger charge is -2.39. The molecule has 2 fully saturated rings. The summed E-state index contributed by atoms with van der Waals surface area (Å²) in [6.07, 6.45) is 8.31. The summed E-state index contributed by atoms with van der Waals surface area (Å²) in [6, 6.07) is 0.521. The standard InChI is InChI=1S/C18H36N2O/c1-4-16-8-10-18(21,11-9-16)14-19-15(3)17-7-6-12-20(5-2)13-17/h15-17,19,21H,4-14H2,1-3H3. The van der Waals surface area contributed by atoms with Crippen molar-refractivity contribution in [2.24, 2.45) is 11.8 Å². The van der Waals surface area contributed by atoms with Crippen LogP contribution in [0.1, 0.15) is 65.7 Å². The van der Waals surface area contributed by atoms with E-state index in [9.17, 15) is 5.11 Å². The van der Waals surface area contributed by atoms with Crippen molar-refractivity contribution in [3.05, 3.63) is 0 Å². The van der Waals surface area contributed by atoms with Crippen LogP contribution < -0.4 is 5.32 Å². The van der Waals surface area contributed by atoms with Gasteiger partial charge in [-0.05, 0) is 70.4 Å². The summed E-state index contributed by atoms with van der Waals surface area (Å²) in [5.41, 5.74) is -0.445. The van der Waals surface area contributed by atoms with Gasteiger partial charge in [0, 0.05) is 19.1 Å².